The van der Waals surface area contributed by atoms with Gasteiger partial charge in [-0.2, -0.15) is 0 Å². The van der Waals surface area contributed by atoms with Crippen LogP contribution in [-0.2, 0) is 6.42 Å². The highest BCUT2D eigenvalue weighted by molar-refractivity contribution is 5.98. The second kappa shape index (κ2) is 9.78. The van der Waals surface area contributed by atoms with Crippen molar-refractivity contribution >= 4 is 22.6 Å². The second-order valence-electron chi connectivity index (χ2n) is 8.98. The number of primary amides is 1. The molecule has 1 saturated heterocycles. The van der Waals surface area contributed by atoms with Crippen molar-refractivity contribution in [1.82, 2.24) is 9.47 Å². The number of piperidine rings is 1. The Morgan fingerprint density at radius 1 is 1.06 bits per heavy atom. The maximum Gasteiger partial charge on any atom is 0.248 e. The molecule has 170 valence electrons. The van der Waals surface area contributed by atoms with Crippen molar-refractivity contribution < 1.29 is 4.79 Å². The Balaban J connectivity index is 1.62. The molecule has 1 fully saturated rings. The molecule has 1 aliphatic heterocycles. The summed E-state index contributed by atoms with van der Waals surface area (Å²) in [6, 6.07) is 18.9. The third kappa shape index (κ3) is 4.53. The summed E-state index contributed by atoms with van der Waals surface area (Å²) in [7, 11) is 0. The molecule has 32 heavy (non-hydrogen) atoms. The fraction of sp³-hybridized carbons (Fsp3) is 0.444. The van der Waals surface area contributed by atoms with Crippen molar-refractivity contribution in [2.24, 2.45) is 11.7 Å². The number of fused-ring (bicyclic) bond motifs is 1. The first kappa shape index (κ1) is 22.4. The molecule has 1 aliphatic rings. The number of nitrogens with zero attached hydrogens (tertiary/aromatic N) is 3. The lowest BCUT2D eigenvalue weighted by atomic mass is 9.90. The highest BCUT2D eigenvalue weighted by atomic mass is 16.1. The molecule has 2 N–H and O–H groups in total. The van der Waals surface area contributed by atoms with E-state index in [1.165, 1.54) is 24.2 Å². The van der Waals surface area contributed by atoms with E-state index in [4.69, 9.17) is 5.73 Å². The molecule has 5 nitrogen and oxygen atoms in total. The van der Waals surface area contributed by atoms with Gasteiger partial charge in [0.2, 0.25) is 5.91 Å². The number of aromatic nitrogens is 1. The van der Waals surface area contributed by atoms with E-state index in [1.807, 2.05) is 12.1 Å². The third-order valence-corrected chi connectivity index (χ3v) is 7.12. The van der Waals surface area contributed by atoms with Crippen LogP contribution in [0, 0.1) is 5.92 Å². The Hall–Kier alpha value is -2.79. The Labute approximate surface area is 191 Å². The van der Waals surface area contributed by atoms with Crippen LogP contribution < -0.4 is 10.6 Å². The van der Waals surface area contributed by atoms with Gasteiger partial charge in [0.05, 0.1) is 11.7 Å². The first-order chi connectivity index (χ1) is 15.5. The summed E-state index contributed by atoms with van der Waals surface area (Å²) in [5, 5.41) is 1.08. The zero-order valence-electron chi connectivity index (χ0n) is 19.6. The molecule has 1 amide bonds. The van der Waals surface area contributed by atoms with Gasteiger partial charge < -0.3 is 15.2 Å². The van der Waals surface area contributed by atoms with Crippen LogP contribution in [0.5, 0.6) is 0 Å². The summed E-state index contributed by atoms with van der Waals surface area (Å²) in [5.74, 6) is 1.60. The fourth-order valence-electron chi connectivity index (χ4n) is 5.24. The quantitative estimate of drug-likeness (QED) is 0.541. The Morgan fingerprint density at radius 2 is 1.75 bits per heavy atom. The number of anilines is 1. The molecule has 4 rings (SSSR count). The molecule has 1 aromatic heterocycles. The van der Waals surface area contributed by atoms with Crippen LogP contribution in [0.1, 0.15) is 55.7 Å². The summed E-state index contributed by atoms with van der Waals surface area (Å²) >= 11 is 0. The summed E-state index contributed by atoms with van der Waals surface area (Å²) < 4.78 is 2.45. The lowest BCUT2D eigenvalue weighted by Crippen LogP contribution is -2.38. The van der Waals surface area contributed by atoms with Crippen molar-refractivity contribution in [3.8, 4) is 0 Å². The SMILES string of the molecule is CCN(CC)C(C)n1c(N2CCC(Cc3ccccc3)CC2)cc2cc(C(N)=O)ccc21. The minimum Gasteiger partial charge on any atom is -0.366 e. The van der Waals surface area contributed by atoms with E-state index in [9.17, 15) is 4.79 Å². The van der Waals surface area contributed by atoms with E-state index in [-0.39, 0.29) is 12.1 Å². The van der Waals surface area contributed by atoms with Crippen LogP contribution in [0.25, 0.3) is 10.9 Å². The minimum absolute atomic E-state index is 0.235. The van der Waals surface area contributed by atoms with Crippen molar-refractivity contribution in [2.45, 2.75) is 46.2 Å². The van der Waals surface area contributed by atoms with Crippen LogP contribution in [0.15, 0.2) is 54.6 Å². The van der Waals surface area contributed by atoms with E-state index >= 15 is 0 Å². The van der Waals surface area contributed by atoms with E-state index in [2.05, 4.69) is 77.6 Å². The van der Waals surface area contributed by atoms with Gasteiger partial charge in [-0.25, -0.2) is 0 Å². The zero-order chi connectivity index (χ0) is 22.7. The first-order valence-corrected chi connectivity index (χ1v) is 12.0. The average molecular weight is 433 g/mol. The molecular formula is C27H36N4O. The van der Waals surface area contributed by atoms with Gasteiger partial charge >= 0.3 is 0 Å². The molecule has 1 unspecified atom stereocenters. The van der Waals surface area contributed by atoms with Crippen LogP contribution in [-0.4, -0.2) is 41.6 Å². The van der Waals surface area contributed by atoms with E-state index in [1.54, 1.807) is 0 Å². The van der Waals surface area contributed by atoms with Gasteiger partial charge in [0.1, 0.15) is 5.82 Å². The summed E-state index contributed by atoms with van der Waals surface area (Å²) in [4.78, 5) is 16.8. The van der Waals surface area contributed by atoms with Gasteiger partial charge in [0.25, 0.3) is 0 Å². The molecule has 5 heteroatoms. The topological polar surface area (TPSA) is 54.5 Å². The predicted octanol–water partition coefficient (Wildman–Crippen LogP) is 5.06. The van der Waals surface area contributed by atoms with E-state index in [0.717, 1.165) is 49.4 Å². The van der Waals surface area contributed by atoms with Crippen molar-refractivity contribution in [3.05, 3.63) is 65.7 Å². The van der Waals surface area contributed by atoms with Crippen LogP contribution in [0.3, 0.4) is 0 Å². The number of hydrogen-bond donors (Lipinski definition) is 1. The molecule has 0 aliphatic carbocycles. The fourth-order valence-corrected chi connectivity index (χ4v) is 5.24. The molecule has 3 aromatic rings. The summed E-state index contributed by atoms with van der Waals surface area (Å²) in [6.45, 7) is 10.8. The van der Waals surface area contributed by atoms with Crippen LogP contribution in [0.4, 0.5) is 5.82 Å². The van der Waals surface area contributed by atoms with Crippen LogP contribution >= 0.6 is 0 Å². The number of rotatable bonds is 8. The largest absolute Gasteiger partial charge is 0.366 e. The normalized spacial score (nSPS) is 16.1. The highest BCUT2D eigenvalue weighted by Crippen LogP contribution is 2.35. The lowest BCUT2D eigenvalue weighted by Gasteiger charge is -2.37. The number of carbonyl (C=O) groups excluding carboxylic acids is 1. The molecule has 0 spiro atoms. The Bertz CT molecular complexity index is 1050. The predicted molar refractivity (Wildman–Crippen MR) is 133 cm³/mol. The van der Waals surface area contributed by atoms with Crippen molar-refractivity contribution in [1.29, 1.82) is 0 Å². The Kier molecular flexibility index (Phi) is 6.85. The number of amides is 1. The van der Waals surface area contributed by atoms with Crippen molar-refractivity contribution in [2.75, 3.05) is 31.1 Å². The van der Waals surface area contributed by atoms with Gasteiger partial charge in [-0.05, 0) is 75.0 Å². The molecule has 0 bridgehead atoms. The van der Waals surface area contributed by atoms with Gasteiger partial charge in [0, 0.05) is 24.0 Å². The van der Waals surface area contributed by atoms with Gasteiger partial charge in [-0.15, -0.1) is 0 Å². The molecule has 2 heterocycles. The molecule has 1 atom stereocenters. The third-order valence-electron chi connectivity index (χ3n) is 7.12. The number of carbonyl (C=O) groups is 1. The smallest absolute Gasteiger partial charge is 0.248 e. The number of hydrogen-bond acceptors (Lipinski definition) is 3. The Morgan fingerprint density at radius 3 is 2.38 bits per heavy atom. The average Bonchev–Trinajstić information content (AvgIpc) is 3.19. The van der Waals surface area contributed by atoms with Crippen molar-refractivity contribution in [3.63, 3.8) is 0 Å². The summed E-state index contributed by atoms with van der Waals surface area (Å²) in [6.07, 6.45) is 3.79. The number of nitrogens with two attached hydrogens (primary N) is 1. The number of benzene rings is 2. The molecule has 2 aromatic carbocycles. The maximum absolute atomic E-state index is 11.8. The van der Waals surface area contributed by atoms with Gasteiger partial charge in [-0.3, -0.25) is 9.69 Å². The second-order valence-corrected chi connectivity index (χ2v) is 8.98. The maximum atomic E-state index is 11.8. The van der Waals surface area contributed by atoms with E-state index < -0.39 is 0 Å². The lowest BCUT2D eigenvalue weighted by molar-refractivity contribution is 0.100. The molecule has 0 radical (unpaired) electrons. The zero-order valence-corrected chi connectivity index (χ0v) is 19.6. The highest BCUT2D eigenvalue weighted by Gasteiger charge is 2.26. The van der Waals surface area contributed by atoms with E-state index in [0.29, 0.717) is 5.56 Å². The first-order valence-electron chi connectivity index (χ1n) is 12.0. The standard InChI is InChI=1S/C27H36N4O/c1-4-29(5-2)20(3)31-25-12-11-23(27(28)32)18-24(25)19-26(31)30-15-13-22(14-16-30)17-21-9-7-6-8-10-21/h6-12,18-20,22H,4-5,13-17H2,1-3H3,(H2,28,32). The van der Waals surface area contributed by atoms with Crippen LogP contribution in [0.2, 0.25) is 0 Å². The summed E-state index contributed by atoms with van der Waals surface area (Å²) in [5.41, 5.74) is 8.73. The van der Waals surface area contributed by atoms with Gasteiger partial charge in [-0.1, -0.05) is 44.2 Å². The minimum atomic E-state index is -0.375. The monoisotopic (exact) mass is 432 g/mol. The van der Waals surface area contributed by atoms with Gasteiger partial charge in [0.15, 0.2) is 0 Å². The molecule has 0 saturated carbocycles. The molecular weight excluding hydrogens is 396 g/mol.